The van der Waals surface area contributed by atoms with Gasteiger partial charge in [-0.15, -0.1) is 0 Å². The Bertz CT molecular complexity index is 855. The van der Waals surface area contributed by atoms with Gasteiger partial charge < -0.3 is 10.1 Å². The van der Waals surface area contributed by atoms with Gasteiger partial charge in [-0.1, -0.05) is 12.1 Å². The lowest BCUT2D eigenvalue weighted by Crippen LogP contribution is -2.06. The maximum atomic E-state index is 5.18. The van der Waals surface area contributed by atoms with E-state index in [2.05, 4.69) is 32.5 Å². The molecule has 3 aromatic rings. The highest BCUT2D eigenvalue weighted by atomic mass is 16.5. The molecular weight excluding hydrogens is 314 g/mol. The molecule has 2 heterocycles. The van der Waals surface area contributed by atoms with Gasteiger partial charge in [0.15, 0.2) is 0 Å². The van der Waals surface area contributed by atoms with Crippen molar-refractivity contribution in [3.05, 3.63) is 53.6 Å². The lowest BCUT2D eigenvalue weighted by molar-refractivity contribution is 0.414. The molecule has 0 bridgehead atoms. The summed E-state index contributed by atoms with van der Waals surface area (Å²) in [6.07, 6.45) is 2.51. The summed E-state index contributed by atoms with van der Waals surface area (Å²) in [6, 6.07) is 10.1. The quantitative estimate of drug-likeness (QED) is 0.748. The highest BCUT2D eigenvalue weighted by molar-refractivity contribution is 5.67. The molecule has 1 N–H and O–H groups in total. The summed E-state index contributed by atoms with van der Waals surface area (Å²) < 4.78 is 7.06. The van der Waals surface area contributed by atoms with E-state index >= 15 is 0 Å². The van der Waals surface area contributed by atoms with Crippen molar-refractivity contribution < 1.29 is 4.74 Å². The molecule has 0 radical (unpaired) electrons. The van der Waals surface area contributed by atoms with Gasteiger partial charge >= 0.3 is 0 Å². The van der Waals surface area contributed by atoms with Crippen LogP contribution in [0.1, 0.15) is 17.0 Å². The molecule has 0 atom stereocenters. The van der Waals surface area contributed by atoms with Gasteiger partial charge in [0.25, 0.3) is 0 Å². The van der Waals surface area contributed by atoms with Crippen molar-refractivity contribution in [1.29, 1.82) is 0 Å². The van der Waals surface area contributed by atoms with Gasteiger partial charge in [0.05, 0.1) is 18.5 Å². The van der Waals surface area contributed by atoms with Gasteiger partial charge in [-0.2, -0.15) is 5.10 Å². The van der Waals surface area contributed by atoms with Crippen molar-refractivity contribution in [3.8, 4) is 17.0 Å². The normalized spacial score (nSPS) is 10.7. The van der Waals surface area contributed by atoms with Crippen LogP contribution in [0.25, 0.3) is 11.3 Å². The maximum absolute atomic E-state index is 5.18. The first-order chi connectivity index (χ1) is 12.1. The Morgan fingerprint density at radius 1 is 1.12 bits per heavy atom. The summed E-state index contributed by atoms with van der Waals surface area (Å²) in [5.74, 6) is 1.69. The maximum Gasteiger partial charge on any atom is 0.129 e. The second-order valence-electron chi connectivity index (χ2n) is 5.98. The van der Waals surface area contributed by atoms with Crippen molar-refractivity contribution in [2.24, 2.45) is 7.05 Å². The van der Waals surface area contributed by atoms with Crippen LogP contribution in [-0.2, 0) is 13.5 Å². The van der Waals surface area contributed by atoms with E-state index in [1.807, 2.05) is 43.8 Å². The van der Waals surface area contributed by atoms with Crippen molar-refractivity contribution in [1.82, 2.24) is 19.7 Å². The largest absolute Gasteiger partial charge is 0.497 e. The molecule has 1 aromatic carbocycles. The molecule has 0 aliphatic heterocycles. The minimum absolute atomic E-state index is 0.799. The van der Waals surface area contributed by atoms with Gasteiger partial charge in [-0.05, 0) is 38.0 Å². The van der Waals surface area contributed by atoms with Crippen LogP contribution in [0.4, 0.5) is 5.82 Å². The number of benzene rings is 1. The lowest BCUT2D eigenvalue weighted by Gasteiger charge is -2.08. The average molecular weight is 337 g/mol. The SMILES string of the molecule is COc1ccc(CCNc2cc(-c3c(C)nn(C)c3C)ncn2)cc1. The summed E-state index contributed by atoms with van der Waals surface area (Å²) >= 11 is 0. The lowest BCUT2D eigenvalue weighted by atomic mass is 10.1. The molecule has 0 saturated carbocycles. The van der Waals surface area contributed by atoms with Crippen LogP contribution in [0.2, 0.25) is 0 Å². The topological polar surface area (TPSA) is 64.9 Å². The first-order valence-electron chi connectivity index (χ1n) is 8.28. The third-order valence-electron chi connectivity index (χ3n) is 4.31. The molecule has 0 saturated heterocycles. The van der Waals surface area contributed by atoms with Crippen LogP contribution < -0.4 is 10.1 Å². The zero-order valence-corrected chi connectivity index (χ0v) is 15.1. The molecule has 2 aromatic heterocycles. The Labute approximate surface area is 147 Å². The number of nitrogens with zero attached hydrogens (tertiary/aromatic N) is 4. The average Bonchev–Trinajstić information content (AvgIpc) is 2.88. The molecule has 0 aliphatic carbocycles. The van der Waals surface area contributed by atoms with E-state index in [9.17, 15) is 0 Å². The number of rotatable bonds is 6. The van der Waals surface area contributed by atoms with Crippen molar-refractivity contribution in [2.75, 3.05) is 19.0 Å². The van der Waals surface area contributed by atoms with Gasteiger partial charge in [0.1, 0.15) is 17.9 Å². The first-order valence-corrected chi connectivity index (χ1v) is 8.28. The Morgan fingerprint density at radius 3 is 2.52 bits per heavy atom. The van der Waals surface area contributed by atoms with Crippen LogP contribution in [-0.4, -0.2) is 33.4 Å². The van der Waals surface area contributed by atoms with Crippen LogP contribution in [0.15, 0.2) is 36.7 Å². The molecule has 130 valence electrons. The molecule has 0 aliphatic rings. The van der Waals surface area contributed by atoms with Crippen molar-refractivity contribution in [3.63, 3.8) is 0 Å². The number of aromatic nitrogens is 4. The smallest absolute Gasteiger partial charge is 0.129 e. The number of hydrogen-bond donors (Lipinski definition) is 1. The Hall–Kier alpha value is -2.89. The summed E-state index contributed by atoms with van der Waals surface area (Å²) in [5.41, 5.74) is 5.29. The Morgan fingerprint density at radius 2 is 1.88 bits per heavy atom. The molecule has 25 heavy (non-hydrogen) atoms. The molecule has 3 rings (SSSR count). The van der Waals surface area contributed by atoms with Crippen LogP contribution >= 0.6 is 0 Å². The number of methoxy groups -OCH3 is 1. The molecule has 0 fully saturated rings. The summed E-state index contributed by atoms with van der Waals surface area (Å²) in [6.45, 7) is 4.85. The molecule has 0 spiro atoms. The number of hydrogen-bond acceptors (Lipinski definition) is 5. The van der Waals surface area contributed by atoms with E-state index in [0.717, 1.165) is 47.2 Å². The summed E-state index contributed by atoms with van der Waals surface area (Å²) in [7, 11) is 3.62. The Kier molecular flexibility index (Phi) is 4.97. The highest BCUT2D eigenvalue weighted by Crippen LogP contribution is 2.25. The van der Waals surface area contributed by atoms with E-state index in [4.69, 9.17) is 4.74 Å². The third-order valence-corrected chi connectivity index (χ3v) is 4.31. The fraction of sp³-hybridized carbons (Fsp3) is 0.316. The fourth-order valence-corrected chi connectivity index (χ4v) is 2.86. The number of ether oxygens (including phenoxy) is 1. The number of anilines is 1. The van der Waals surface area contributed by atoms with Gasteiger partial charge in [0.2, 0.25) is 0 Å². The highest BCUT2D eigenvalue weighted by Gasteiger charge is 2.13. The fourth-order valence-electron chi connectivity index (χ4n) is 2.86. The van der Waals surface area contributed by atoms with Crippen LogP contribution in [0.5, 0.6) is 5.75 Å². The minimum Gasteiger partial charge on any atom is -0.497 e. The van der Waals surface area contributed by atoms with E-state index in [1.54, 1.807) is 13.4 Å². The predicted octanol–water partition coefficient (Wildman–Crippen LogP) is 3.16. The molecule has 0 amide bonds. The van der Waals surface area contributed by atoms with E-state index in [-0.39, 0.29) is 0 Å². The van der Waals surface area contributed by atoms with Crippen LogP contribution in [0.3, 0.4) is 0 Å². The molecular formula is C19H23N5O. The standard InChI is InChI=1S/C19H23N5O/c1-13-19(14(2)24(3)23-13)17-11-18(22-12-21-17)20-10-9-15-5-7-16(25-4)8-6-15/h5-8,11-12H,9-10H2,1-4H3,(H,20,21,22). The van der Waals surface area contributed by atoms with Gasteiger partial charge in [-0.25, -0.2) is 9.97 Å². The minimum atomic E-state index is 0.799. The van der Waals surface area contributed by atoms with Crippen LogP contribution in [0, 0.1) is 13.8 Å². The van der Waals surface area contributed by atoms with Gasteiger partial charge in [-0.3, -0.25) is 4.68 Å². The monoisotopic (exact) mass is 337 g/mol. The molecule has 6 nitrogen and oxygen atoms in total. The molecule has 6 heteroatoms. The zero-order valence-electron chi connectivity index (χ0n) is 15.1. The Balaban J connectivity index is 1.67. The summed E-state index contributed by atoms with van der Waals surface area (Å²) in [4.78, 5) is 8.73. The second kappa shape index (κ2) is 7.34. The first kappa shape index (κ1) is 17.0. The van der Waals surface area contributed by atoms with Gasteiger partial charge in [0, 0.05) is 30.9 Å². The predicted molar refractivity (Wildman–Crippen MR) is 98.9 cm³/mol. The van der Waals surface area contributed by atoms with Crippen molar-refractivity contribution in [2.45, 2.75) is 20.3 Å². The molecule has 0 unspecified atom stereocenters. The van der Waals surface area contributed by atoms with E-state index < -0.39 is 0 Å². The van der Waals surface area contributed by atoms with E-state index in [0.29, 0.717) is 0 Å². The summed E-state index contributed by atoms with van der Waals surface area (Å²) in [5, 5.41) is 7.83. The number of nitrogens with one attached hydrogen (secondary N) is 1. The second-order valence-corrected chi connectivity index (χ2v) is 5.98. The third kappa shape index (κ3) is 3.79. The van der Waals surface area contributed by atoms with E-state index in [1.165, 1.54) is 5.56 Å². The zero-order chi connectivity index (χ0) is 17.8. The number of aryl methyl sites for hydroxylation is 2. The van der Waals surface area contributed by atoms with Crippen molar-refractivity contribution >= 4 is 5.82 Å².